The number of ether oxygens (including phenoxy) is 1. The minimum Gasteiger partial charge on any atom is -0.466 e. The molecular formula is C9H15IO2. The maximum Gasteiger partial charge on any atom is 0.308 e. The van der Waals surface area contributed by atoms with Crippen molar-refractivity contribution in [1.29, 1.82) is 0 Å². The van der Waals surface area contributed by atoms with Crippen LogP contribution in [0.4, 0.5) is 0 Å². The van der Waals surface area contributed by atoms with E-state index in [-0.39, 0.29) is 11.9 Å². The maximum absolute atomic E-state index is 11.3. The first kappa shape index (κ1) is 10.3. The van der Waals surface area contributed by atoms with Crippen LogP contribution >= 0.6 is 22.6 Å². The van der Waals surface area contributed by atoms with Crippen LogP contribution in [-0.4, -0.2) is 16.5 Å². The molecule has 0 heterocycles. The van der Waals surface area contributed by atoms with Crippen LogP contribution in [0.5, 0.6) is 0 Å². The standard InChI is InChI=1S/C9H15IO2/c1-2-12-9(11)7-4-3-5-8(10)6-7/h7-8H,2-6H2,1H3/t7-,8+/m0/s1. The number of alkyl halides is 1. The Balaban J connectivity index is 2.35. The van der Waals surface area contributed by atoms with E-state index in [0.717, 1.165) is 12.8 Å². The first-order valence-electron chi connectivity index (χ1n) is 4.54. The van der Waals surface area contributed by atoms with E-state index in [9.17, 15) is 4.79 Å². The average Bonchev–Trinajstić information content (AvgIpc) is 2.05. The lowest BCUT2D eigenvalue weighted by molar-refractivity contribution is -0.148. The van der Waals surface area contributed by atoms with E-state index < -0.39 is 0 Å². The van der Waals surface area contributed by atoms with Crippen LogP contribution in [0.1, 0.15) is 32.6 Å². The van der Waals surface area contributed by atoms with Crippen LogP contribution in [0, 0.1) is 5.92 Å². The minimum absolute atomic E-state index is 0.0128. The molecule has 0 aromatic carbocycles. The van der Waals surface area contributed by atoms with Crippen molar-refractivity contribution in [3.63, 3.8) is 0 Å². The molecule has 1 fully saturated rings. The zero-order valence-electron chi connectivity index (χ0n) is 7.38. The highest BCUT2D eigenvalue weighted by Crippen LogP contribution is 2.29. The minimum atomic E-state index is 0.0128. The second-order valence-corrected chi connectivity index (χ2v) is 4.97. The summed E-state index contributed by atoms with van der Waals surface area (Å²) in [5, 5.41) is 0. The molecule has 3 heteroatoms. The number of hydrogen-bond donors (Lipinski definition) is 0. The normalized spacial score (nSPS) is 29.8. The Labute approximate surface area is 87.2 Å². The first-order chi connectivity index (χ1) is 5.74. The summed E-state index contributed by atoms with van der Waals surface area (Å²) in [6.07, 6.45) is 4.48. The fourth-order valence-corrected chi connectivity index (χ4v) is 2.66. The summed E-state index contributed by atoms with van der Waals surface area (Å²) in [7, 11) is 0. The highest BCUT2D eigenvalue weighted by Gasteiger charge is 2.26. The molecule has 2 atom stereocenters. The molecule has 0 radical (unpaired) electrons. The van der Waals surface area contributed by atoms with Crippen molar-refractivity contribution in [3.8, 4) is 0 Å². The number of rotatable bonds is 2. The predicted octanol–water partition coefficient (Wildman–Crippen LogP) is 2.54. The number of halogens is 1. The molecule has 12 heavy (non-hydrogen) atoms. The Hall–Kier alpha value is 0.200. The Morgan fingerprint density at radius 2 is 2.33 bits per heavy atom. The van der Waals surface area contributed by atoms with Crippen LogP contribution in [0.3, 0.4) is 0 Å². The van der Waals surface area contributed by atoms with Crippen molar-refractivity contribution < 1.29 is 9.53 Å². The third-order valence-electron chi connectivity index (χ3n) is 2.23. The molecular weight excluding hydrogens is 267 g/mol. The van der Waals surface area contributed by atoms with Gasteiger partial charge >= 0.3 is 5.97 Å². The zero-order valence-corrected chi connectivity index (χ0v) is 9.54. The molecule has 0 N–H and O–H groups in total. The van der Waals surface area contributed by atoms with Crippen LogP contribution in [0.2, 0.25) is 0 Å². The van der Waals surface area contributed by atoms with Gasteiger partial charge in [-0.15, -0.1) is 0 Å². The number of hydrogen-bond acceptors (Lipinski definition) is 2. The largest absolute Gasteiger partial charge is 0.466 e. The summed E-state index contributed by atoms with van der Waals surface area (Å²) in [6, 6.07) is 0. The van der Waals surface area contributed by atoms with E-state index in [1.54, 1.807) is 0 Å². The number of esters is 1. The average molecular weight is 282 g/mol. The molecule has 0 spiro atoms. The summed E-state index contributed by atoms with van der Waals surface area (Å²) < 4.78 is 5.66. The molecule has 1 rings (SSSR count). The molecule has 0 saturated heterocycles. The summed E-state index contributed by atoms with van der Waals surface area (Å²) in [4.78, 5) is 11.3. The molecule has 2 nitrogen and oxygen atoms in total. The van der Waals surface area contributed by atoms with E-state index >= 15 is 0 Å². The first-order valence-corrected chi connectivity index (χ1v) is 5.79. The maximum atomic E-state index is 11.3. The van der Waals surface area contributed by atoms with Crippen molar-refractivity contribution in [1.82, 2.24) is 0 Å². The second-order valence-electron chi connectivity index (χ2n) is 3.21. The molecule has 0 bridgehead atoms. The SMILES string of the molecule is CCOC(=O)[C@H]1CCC[C@@H](I)C1. The van der Waals surface area contributed by atoms with Gasteiger partial charge in [0, 0.05) is 3.92 Å². The van der Waals surface area contributed by atoms with Crippen LogP contribution in [0.25, 0.3) is 0 Å². The van der Waals surface area contributed by atoms with E-state index in [1.165, 1.54) is 12.8 Å². The molecule has 0 unspecified atom stereocenters. The van der Waals surface area contributed by atoms with Crippen molar-refractivity contribution in [3.05, 3.63) is 0 Å². The Bertz CT molecular complexity index is 159. The zero-order chi connectivity index (χ0) is 8.97. The van der Waals surface area contributed by atoms with Gasteiger partial charge in [0.1, 0.15) is 0 Å². The van der Waals surface area contributed by atoms with Crippen LogP contribution in [0.15, 0.2) is 0 Å². The van der Waals surface area contributed by atoms with E-state index in [2.05, 4.69) is 22.6 Å². The Morgan fingerprint density at radius 3 is 2.92 bits per heavy atom. The number of carbonyl (C=O) groups is 1. The molecule has 0 aromatic heterocycles. The van der Waals surface area contributed by atoms with Crippen molar-refractivity contribution in [2.24, 2.45) is 5.92 Å². The lowest BCUT2D eigenvalue weighted by Gasteiger charge is -2.23. The Morgan fingerprint density at radius 1 is 1.58 bits per heavy atom. The van der Waals surface area contributed by atoms with Gasteiger partial charge in [-0.1, -0.05) is 29.0 Å². The quantitative estimate of drug-likeness (QED) is 0.442. The molecule has 1 saturated carbocycles. The highest BCUT2D eigenvalue weighted by molar-refractivity contribution is 14.1. The van der Waals surface area contributed by atoms with Crippen molar-refractivity contribution >= 4 is 28.6 Å². The molecule has 1 aliphatic carbocycles. The van der Waals surface area contributed by atoms with Gasteiger partial charge in [0.15, 0.2) is 0 Å². The van der Waals surface area contributed by atoms with Gasteiger partial charge in [-0.2, -0.15) is 0 Å². The molecule has 70 valence electrons. The molecule has 0 aliphatic heterocycles. The van der Waals surface area contributed by atoms with E-state index in [1.807, 2.05) is 6.92 Å². The predicted molar refractivity (Wildman–Crippen MR) is 56.4 cm³/mol. The third-order valence-corrected chi connectivity index (χ3v) is 3.36. The lowest BCUT2D eigenvalue weighted by atomic mass is 9.89. The second kappa shape index (κ2) is 5.04. The molecule has 0 amide bonds. The van der Waals surface area contributed by atoms with Gasteiger partial charge in [0.2, 0.25) is 0 Å². The summed E-state index contributed by atoms with van der Waals surface area (Å²) in [6.45, 7) is 2.38. The van der Waals surface area contributed by atoms with E-state index in [0.29, 0.717) is 10.5 Å². The Kier molecular flexibility index (Phi) is 4.32. The highest BCUT2D eigenvalue weighted by atomic mass is 127. The summed E-state index contributed by atoms with van der Waals surface area (Å²) in [5.41, 5.74) is 0. The number of carbonyl (C=O) groups excluding carboxylic acids is 1. The lowest BCUT2D eigenvalue weighted by Crippen LogP contribution is -2.24. The molecule has 0 aromatic rings. The van der Waals surface area contributed by atoms with Gasteiger partial charge < -0.3 is 4.74 Å². The van der Waals surface area contributed by atoms with E-state index in [4.69, 9.17) is 4.74 Å². The van der Waals surface area contributed by atoms with Gasteiger partial charge in [-0.05, 0) is 26.2 Å². The van der Waals surface area contributed by atoms with Crippen LogP contribution < -0.4 is 0 Å². The van der Waals surface area contributed by atoms with Gasteiger partial charge in [0.25, 0.3) is 0 Å². The smallest absolute Gasteiger partial charge is 0.308 e. The van der Waals surface area contributed by atoms with Gasteiger partial charge in [-0.25, -0.2) is 0 Å². The monoisotopic (exact) mass is 282 g/mol. The summed E-state index contributed by atoms with van der Waals surface area (Å²) in [5.74, 6) is 0.194. The fourth-order valence-electron chi connectivity index (χ4n) is 1.60. The molecule has 1 aliphatic rings. The summed E-state index contributed by atoms with van der Waals surface area (Å²) >= 11 is 2.43. The topological polar surface area (TPSA) is 26.3 Å². The van der Waals surface area contributed by atoms with Crippen molar-refractivity contribution in [2.75, 3.05) is 6.61 Å². The van der Waals surface area contributed by atoms with Crippen molar-refractivity contribution in [2.45, 2.75) is 36.5 Å². The van der Waals surface area contributed by atoms with Gasteiger partial charge in [-0.3, -0.25) is 4.79 Å². The fraction of sp³-hybridized carbons (Fsp3) is 0.889. The third kappa shape index (κ3) is 2.92. The van der Waals surface area contributed by atoms with Crippen LogP contribution in [-0.2, 0) is 9.53 Å². The van der Waals surface area contributed by atoms with Gasteiger partial charge in [0.05, 0.1) is 12.5 Å².